The minimum Gasteiger partial charge on any atom is -0.395 e. The van der Waals surface area contributed by atoms with Gasteiger partial charge in [-0.1, -0.05) is 17.3 Å². The Labute approximate surface area is 80.1 Å². The van der Waals surface area contributed by atoms with Gasteiger partial charge in [-0.15, -0.1) is 0 Å². The Balaban J connectivity index is 2.46. The molecule has 0 saturated heterocycles. The summed E-state index contributed by atoms with van der Waals surface area (Å²) in [6, 6.07) is 6.54. The van der Waals surface area contributed by atoms with Gasteiger partial charge in [0.15, 0.2) is 0 Å². The van der Waals surface area contributed by atoms with Gasteiger partial charge in [0.1, 0.15) is 6.61 Å². The highest BCUT2D eigenvalue weighted by Gasteiger charge is 2.20. The lowest BCUT2D eigenvalue weighted by atomic mass is 10.1. The third kappa shape index (κ3) is 1.44. The Morgan fingerprint density at radius 1 is 1.43 bits per heavy atom. The Kier molecular flexibility index (Phi) is 2.14. The lowest BCUT2D eigenvalue weighted by molar-refractivity contribution is -0.385. The maximum absolute atomic E-state index is 10.7. The van der Waals surface area contributed by atoms with Gasteiger partial charge >= 0.3 is 0 Å². The Morgan fingerprint density at radius 3 is 2.86 bits per heavy atom. The largest absolute Gasteiger partial charge is 0.395 e. The van der Waals surface area contributed by atoms with Crippen LogP contribution in [0.15, 0.2) is 29.4 Å². The van der Waals surface area contributed by atoms with Crippen LogP contribution < -0.4 is 0 Å². The molecule has 0 amide bonds. The van der Waals surface area contributed by atoms with Crippen molar-refractivity contribution in [2.45, 2.75) is 6.42 Å². The molecule has 0 saturated carbocycles. The van der Waals surface area contributed by atoms with E-state index in [0.717, 1.165) is 0 Å². The number of nitro groups is 1. The molecule has 0 unspecified atom stereocenters. The molecule has 0 radical (unpaired) electrons. The molecule has 1 aromatic carbocycles. The van der Waals surface area contributed by atoms with Gasteiger partial charge in [-0.2, -0.15) is 0 Å². The average molecular weight is 192 g/mol. The molecule has 0 spiro atoms. The molecule has 72 valence electrons. The van der Waals surface area contributed by atoms with Crippen LogP contribution in [0.4, 0.5) is 5.69 Å². The molecule has 0 N–H and O–H groups in total. The Morgan fingerprint density at radius 2 is 2.21 bits per heavy atom. The molecule has 14 heavy (non-hydrogen) atoms. The number of hydrogen-bond donors (Lipinski definition) is 0. The van der Waals surface area contributed by atoms with Gasteiger partial charge < -0.3 is 4.84 Å². The minimum absolute atomic E-state index is 0.0803. The fourth-order valence-electron chi connectivity index (χ4n) is 1.37. The maximum atomic E-state index is 10.7. The van der Waals surface area contributed by atoms with Gasteiger partial charge in [-0.3, -0.25) is 10.1 Å². The number of nitro benzene ring substituents is 1. The van der Waals surface area contributed by atoms with Gasteiger partial charge in [0.25, 0.3) is 5.69 Å². The van der Waals surface area contributed by atoms with Crippen molar-refractivity contribution in [1.29, 1.82) is 0 Å². The zero-order chi connectivity index (χ0) is 9.97. The van der Waals surface area contributed by atoms with Crippen LogP contribution in [-0.2, 0) is 4.84 Å². The van der Waals surface area contributed by atoms with Crippen LogP contribution in [0.2, 0.25) is 0 Å². The average Bonchev–Trinajstić information content (AvgIpc) is 2.70. The maximum Gasteiger partial charge on any atom is 0.278 e. The monoisotopic (exact) mass is 192 g/mol. The third-order valence-electron chi connectivity index (χ3n) is 2.02. The van der Waals surface area contributed by atoms with E-state index in [1.165, 1.54) is 6.07 Å². The SMILES string of the molecule is O=[N+]([O-])c1ccccc1C1=NOCC1. The van der Waals surface area contributed by atoms with Crippen molar-refractivity contribution in [2.75, 3.05) is 6.61 Å². The summed E-state index contributed by atoms with van der Waals surface area (Å²) in [6.45, 7) is 0.501. The van der Waals surface area contributed by atoms with E-state index in [0.29, 0.717) is 24.3 Å². The van der Waals surface area contributed by atoms with Crippen molar-refractivity contribution in [2.24, 2.45) is 5.16 Å². The molecule has 5 nitrogen and oxygen atoms in total. The zero-order valence-corrected chi connectivity index (χ0v) is 7.34. The summed E-state index contributed by atoms with van der Waals surface area (Å²) in [5.74, 6) is 0. The summed E-state index contributed by atoms with van der Waals surface area (Å²) in [5.41, 5.74) is 1.28. The zero-order valence-electron chi connectivity index (χ0n) is 7.34. The van der Waals surface area contributed by atoms with Crippen molar-refractivity contribution < 1.29 is 9.76 Å². The van der Waals surface area contributed by atoms with Crippen LogP contribution >= 0.6 is 0 Å². The van der Waals surface area contributed by atoms with Crippen molar-refractivity contribution >= 4 is 11.4 Å². The standard InChI is InChI=1S/C9H8N2O3/c12-11(13)9-4-2-1-3-7(9)8-5-6-14-10-8/h1-4H,5-6H2. The van der Waals surface area contributed by atoms with Crippen LogP contribution in [-0.4, -0.2) is 17.2 Å². The van der Waals surface area contributed by atoms with Gasteiger partial charge in [0, 0.05) is 12.5 Å². The van der Waals surface area contributed by atoms with Crippen LogP contribution in [0.1, 0.15) is 12.0 Å². The molecule has 1 aliphatic heterocycles. The number of rotatable bonds is 2. The van der Waals surface area contributed by atoms with Gasteiger partial charge in [0.2, 0.25) is 0 Å². The number of oxime groups is 1. The van der Waals surface area contributed by atoms with Gasteiger partial charge in [-0.05, 0) is 6.07 Å². The predicted octanol–water partition coefficient (Wildman–Crippen LogP) is 1.72. The lowest BCUT2D eigenvalue weighted by Crippen LogP contribution is -2.02. The van der Waals surface area contributed by atoms with Crippen LogP contribution in [0.25, 0.3) is 0 Å². The first-order chi connectivity index (χ1) is 6.79. The van der Waals surface area contributed by atoms with Crippen LogP contribution in [0, 0.1) is 10.1 Å². The highest BCUT2D eigenvalue weighted by molar-refractivity contribution is 6.04. The quantitative estimate of drug-likeness (QED) is 0.529. The summed E-state index contributed by atoms with van der Waals surface area (Å²) in [5, 5.41) is 14.4. The Hall–Kier alpha value is -1.91. The molecule has 5 heteroatoms. The van der Waals surface area contributed by atoms with E-state index >= 15 is 0 Å². The van der Waals surface area contributed by atoms with Gasteiger partial charge in [0.05, 0.1) is 16.2 Å². The lowest BCUT2D eigenvalue weighted by Gasteiger charge is -1.99. The second kappa shape index (κ2) is 3.45. The molecule has 0 aliphatic carbocycles. The Bertz CT molecular complexity index is 401. The second-order valence-corrected chi connectivity index (χ2v) is 2.90. The normalized spacial score (nSPS) is 14.7. The molecule has 1 heterocycles. The number of para-hydroxylation sites is 1. The first kappa shape index (κ1) is 8.68. The van der Waals surface area contributed by atoms with E-state index in [4.69, 9.17) is 4.84 Å². The molecule has 1 aromatic rings. The van der Waals surface area contributed by atoms with Crippen molar-refractivity contribution in [3.8, 4) is 0 Å². The molecular formula is C9H8N2O3. The summed E-state index contributed by atoms with van der Waals surface area (Å²) in [4.78, 5) is 15.1. The molecule has 0 atom stereocenters. The smallest absolute Gasteiger partial charge is 0.278 e. The van der Waals surface area contributed by atoms with Crippen molar-refractivity contribution in [3.05, 3.63) is 39.9 Å². The molecule has 0 aromatic heterocycles. The van der Waals surface area contributed by atoms with E-state index in [1.807, 2.05) is 0 Å². The molecule has 2 rings (SSSR count). The number of benzene rings is 1. The minimum atomic E-state index is -0.407. The highest BCUT2D eigenvalue weighted by atomic mass is 16.6. The van der Waals surface area contributed by atoms with Crippen molar-refractivity contribution in [1.82, 2.24) is 0 Å². The van der Waals surface area contributed by atoms with E-state index in [9.17, 15) is 10.1 Å². The first-order valence-electron chi connectivity index (χ1n) is 4.21. The van der Waals surface area contributed by atoms with E-state index in [-0.39, 0.29) is 5.69 Å². The van der Waals surface area contributed by atoms with E-state index < -0.39 is 4.92 Å². The molecular weight excluding hydrogens is 184 g/mol. The third-order valence-corrected chi connectivity index (χ3v) is 2.02. The summed E-state index contributed by atoms with van der Waals surface area (Å²) < 4.78 is 0. The molecule has 0 fully saturated rings. The summed E-state index contributed by atoms with van der Waals surface area (Å²) in [6.07, 6.45) is 0.630. The second-order valence-electron chi connectivity index (χ2n) is 2.90. The van der Waals surface area contributed by atoms with Crippen molar-refractivity contribution in [3.63, 3.8) is 0 Å². The topological polar surface area (TPSA) is 64.7 Å². The van der Waals surface area contributed by atoms with E-state index in [2.05, 4.69) is 5.16 Å². The van der Waals surface area contributed by atoms with E-state index in [1.54, 1.807) is 18.2 Å². The summed E-state index contributed by atoms with van der Waals surface area (Å²) >= 11 is 0. The van der Waals surface area contributed by atoms with Gasteiger partial charge in [-0.25, -0.2) is 0 Å². The first-order valence-corrected chi connectivity index (χ1v) is 4.21. The summed E-state index contributed by atoms with van der Waals surface area (Å²) in [7, 11) is 0. The molecule has 0 bridgehead atoms. The number of hydrogen-bond acceptors (Lipinski definition) is 4. The highest BCUT2D eigenvalue weighted by Crippen LogP contribution is 2.21. The van der Waals surface area contributed by atoms with Crippen LogP contribution in [0.3, 0.4) is 0 Å². The number of nitrogens with zero attached hydrogens (tertiary/aromatic N) is 2. The molecule has 1 aliphatic rings. The fourth-order valence-corrected chi connectivity index (χ4v) is 1.37. The fraction of sp³-hybridized carbons (Fsp3) is 0.222. The van der Waals surface area contributed by atoms with Crippen LogP contribution in [0.5, 0.6) is 0 Å². The predicted molar refractivity (Wildman–Crippen MR) is 50.2 cm³/mol.